The smallest absolute Gasteiger partial charge is 0.161 e. The van der Waals surface area contributed by atoms with Crippen LogP contribution >= 0.6 is 11.8 Å². The first kappa shape index (κ1) is 18.8. The van der Waals surface area contributed by atoms with E-state index in [0.717, 1.165) is 50.4 Å². The molecule has 2 heterocycles. The highest BCUT2D eigenvalue weighted by atomic mass is 32.2. The number of piperazine rings is 1. The Balaban J connectivity index is 1.53. The highest BCUT2D eigenvalue weighted by Gasteiger charge is 2.27. The van der Waals surface area contributed by atoms with Gasteiger partial charge in [0.1, 0.15) is 5.82 Å². The van der Waals surface area contributed by atoms with E-state index >= 15 is 0 Å². The number of hydrogen-bond acceptors (Lipinski definition) is 5. The predicted octanol–water partition coefficient (Wildman–Crippen LogP) is 3.90. The minimum atomic E-state index is 0.676. The van der Waals surface area contributed by atoms with Gasteiger partial charge in [0.25, 0.3) is 0 Å². The molecular formula is C22H30N4S. The number of anilines is 1. The number of thioether (sulfide) groups is 1. The molecule has 0 amide bonds. The van der Waals surface area contributed by atoms with E-state index in [1.807, 2.05) is 11.8 Å². The van der Waals surface area contributed by atoms with E-state index in [0.29, 0.717) is 6.04 Å². The van der Waals surface area contributed by atoms with Crippen molar-refractivity contribution in [3.05, 3.63) is 41.6 Å². The molecule has 2 aliphatic rings. The fourth-order valence-electron chi connectivity index (χ4n) is 4.24. The fraction of sp³-hybridized carbons (Fsp3) is 0.545. The summed E-state index contributed by atoms with van der Waals surface area (Å²) < 4.78 is 0. The summed E-state index contributed by atoms with van der Waals surface area (Å²) in [6.45, 7) is 6.79. The van der Waals surface area contributed by atoms with Gasteiger partial charge in [0, 0.05) is 49.0 Å². The standard InChI is InChI=1S/C22H30N4S/c1-17(11-16-27-2)25-12-14-26(15-13-25)22-19-9-6-10-20(19)23-21(24-22)18-7-4-3-5-8-18/h3-5,7-8,17H,6,9-16H2,1-2H3/t17-/m1/s1. The van der Waals surface area contributed by atoms with Crippen molar-refractivity contribution in [2.75, 3.05) is 43.1 Å². The van der Waals surface area contributed by atoms with Crippen molar-refractivity contribution >= 4 is 17.6 Å². The van der Waals surface area contributed by atoms with Gasteiger partial charge in [-0.25, -0.2) is 9.97 Å². The lowest BCUT2D eigenvalue weighted by atomic mass is 10.1. The first-order chi connectivity index (χ1) is 13.3. The Kier molecular flexibility index (Phi) is 5.98. The summed E-state index contributed by atoms with van der Waals surface area (Å²) in [6, 6.07) is 11.1. The van der Waals surface area contributed by atoms with Crippen molar-refractivity contribution in [1.29, 1.82) is 0 Å². The molecule has 1 aromatic carbocycles. The highest BCUT2D eigenvalue weighted by molar-refractivity contribution is 7.98. The summed E-state index contributed by atoms with van der Waals surface area (Å²) in [5, 5.41) is 0. The van der Waals surface area contributed by atoms with Crippen LogP contribution in [0.1, 0.15) is 31.0 Å². The van der Waals surface area contributed by atoms with Gasteiger partial charge in [-0.2, -0.15) is 11.8 Å². The minimum Gasteiger partial charge on any atom is -0.354 e. The van der Waals surface area contributed by atoms with Gasteiger partial charge in [0.05, 0.1) is 0 Å². The van der Waals surface area contributed by atoms with E-state index in [2.05, 4.69) is 53.3 Å². The summed E-state index contributed by atoms with van der Waals surface area (Å²) in [6.07, 6.45) is 6.91. The molecule has 27 heavy (non-hydrogen) atoms. The Morgan fingerprint density at radius 1 is 1.04 bits per heavy atom. The van der Waals surface area contributed by atoms with Gasteiger partial charge < -0.3 is 4.90 Å². The predicted molar refractivity (Wildman–Crippen MR) is 116 cm³/mol. The van der Waals surface area contributed by atoms with Gasteiger partial charge in [0.2, 0.25) is 0 Å². The monoisotopic (exact) mass is 382 g/mol. The zero-order chi connectivity index (χ0) is 18.6. The SMILES string of the molecule is CSCC[C@@H](C)N1CCN(c2nc(-c3ccccc3)nc3c2CCC3)CC1. The number of benzene rings is 1. The summed E-state index contributed by atoms with van der Waals surface area (Å²) in [5.41, 5.74) is 3.80. The van der Waals surface area contributed by atoms with Gasteiger partial charge in [-0.05, 0) is 44.6 Å². The molecule has 1 aliphatic carbocycles. The summed E-state index contributed by atoms with van der Waals surface area (Å²) >= 11 is 1.95. The van der Waals surface area contributed by atoms with Crippen molar-refractivity contribution in [1.82, 2.24) is 14.9 Å². The molecule has 0 N–H and O–H groups in total. The lowest BCUT2D eigenvalue weighted by molar-refractivity contribution is 0.193. The molecule has 0 bridgehead atoms. The van der Waals surface area contributed by atoms with Gasteiger partial charge >= 0.3 is 0 Å². The number of fused-ring (bicyclic) bond motifs is 1. The summed E-state index contributed by atoms with van der Waals surface area (Å²) in [7, 11) is 0. The Labute approximate surface area is 167 Å². The molecule has 0 unspecified atom stereocenters. The fourth-order valence-corrected chi connectivity index (χ4v) is 4.81. The Hall–Kier alpha value is -1.59. The average molecular weight is 383 g/mol. The minimum absolute atomic E-state index is 0.676. The Bertz CT molecular complexity index is 756. The van der Waals surface area contributed by atoms with Crippen molar-refractivity contribution in [3.8, 4) is 11.4 Å². The van der Waals surface area contributed by atoms with Crippen molar-refractivity contribution in [2.24, 2.45) is 0 Å². The largest absolute Gasteiger partial charge is 0.354 e. The van der Waals surface area contributed by atoms with Crippen molar-refractivity contribution in [2.45, 2.75) is 38.6 Å². The van der Waals surface area contributed by atoms with Crippen LogP contribution in [0.5, 0.6) is 0 Å². The maximum absolute atomic E-state index is 5.05. The van der Waals surface area contributed by atoms with Crippen LogP contribution in [0.4, 0.5) is 5.82 Å². The Morgan fingerprint density at radius 3 is 2.56 bits per heavy atom. The quantitative estimate of drug-likeness (QED) is 0.757. The van der Waals surface area contributed by atoms with Crippen LogP contribution < -0.4 is 4.90 Å². The van der Waals surface area contributed by atoms with Crippen molar-refractivity contribution in [3.63, 3.8) is 0 Å². The Morgan fingerprint density at radius 2 is 1.81 bits per heavy atom. The maximum atomic E-state index is 5.05. The van der Waals surface area contributed by atoms with Crippen LogP contribution in [0.25, 0.3) is 11.4 Å². The molecule has 1 fully saturated rings. The van der Waals surface area contributed by atoms with Crippen LogP contribution in [0, 0.1) is 0 Å². The van der Waals surface area contributed by atoms with E-state index in [4.69, 9.17) is 9.97 Å². The number of rotatable bonds is 6. The third-order valence-electron chi connectivity index (χ3n) is 5.92. The molecule has 2 aromatic rings. The average Bonchev–Trinajstić information content (AvgIpc) is 3.21. The zero-order valence-corrected chi connectivity index (χ0v) is 17.3. The third-order valence-corrected chi connectivity index (χ3v) is 6.56. The molecule has 1 saturated heterocycles. The van der Waals surface area contributed by atoms with Crippen LogP contribution in [-0.4, -0.2) is 59.1 Å². The zero-order valence-electron chi connectivity index (χ0n) is 16.5. The molecular weight excluding hydrogens is 352 g/mol. The number of aromatic nitrogens is 2. The first-order valence-corrected chi connectivity index (χ1v) is 11.6. The van der Waals surface area contributed by atoms with Crippen LogP contribution in [0.15, 0.2) is 30.3 Å². The molecule has 4 nitrogen and oxygen atoms in total. The van der Waals surface area contributed by atoms with Crippen LogP contribution in [0.2, 0.25) is 0 Å². The second-order valence-corrected chi connectivity index (χ2v) is 8.65. The molecule has 1 aromatic heterocycles. The lowest BCUT2D eigenvalue weighted by Crippen LogP contribution is -2.50. The van der Waals surface area contributed by atoms with E-state index < -0.39 is 0 Å². The third kappa shape index (κ3) is 4.14. The van der Waals surface area contributed by atoms with E-state index in [9.17, 15) is 0 Å². The number of aryl methyl sites for hydroxylation is 1. The first-order valence-electron chi connectivity index (χ1n) is 10.2. The molecule has 0 spiro atoms. The number of hydrogen-bond donors (Lipinski definition) is 0. The molecule has 0 saturated carbocycles. The summed E-state index contributed by atoms with van der Waals surface area (Å²) in [4.78, 5) is 15.1. The van der Waals surface area contributed by atoms with Gasteiger partial charge in [-0.1, -0.05) is 30.3 Å². The maximum Gasteiger partial charge on any atom is 0.161 e. The molecule has 0 radical (unpaired) electrons. The van der Waals surface area contributed by atoms with Gasteiger partial charge in [0.15, 0.2) is 5.82 Å². The summed E-state index contributed by atoms with van der Waals surface area (Å²) in [5.74, 6) is 3.34. The molecule has 5 heteroatoms. The van der Waals surface area contributed by atoms with E-state index in [-0.39, 0.29) is 0 Å². The molecule has 1 atom stereocenters. The second-order valence-electron chi connectivity index (χ2n) is 7.67. The van der Waals surface area contributed by atoms with Crippen LogP contribution in [-0.2, 0) is 12.8 Å². The van der Waals surface area contributed by atoms with Gasteiger partial charge in [-0.3, -0.25) is 4.90 Å². The topological polar surface area (TPSA) is 32.3 Å². The second kappa shape index (κ2) is 8.61. The lowest BCUT2D eigenvalue weighted by Gasteiger charge is -2.39. The van der Waals surface area contributed by atoms with E-state index in [1.54, 1.807) is 0 Å². The van der Waals surface area contributed by atoms with Crippen molar-refractivity contribution < 1.29 is 0 Å². The molecule has 1 aliphatic heterocycles. The number of nitrogens with zero attached hydrogens (tertiary/aromatic N) is 4. The normalized spacial score (nSPS) is 18.5. The molecule has 4 rings (SSSR count). The molecule has 144 valence electrons. The highest BCUT2D eigenvalue weighted by Crippen LogP contribution is 2.32. The van der Waals surface area contributed by atoms with Crippen LogP contribution in [0.3, 0.4) is 0 Å². The van der Waals surface area contributed by atoms with E-state index in [1.165, 1.54) is 35.7 Å². The van der Waals surface area contributed by atoms with Gasteiger partial charge in [-0.15, -0.1) is 0 Å².